The second-order valence-electron chi connectivity index (χ2n) is 4.88. The van der Waals surface area contributed by atoms with Crippen LogP contribution in [0.5, 0.6) is 0 Å². The Bertz CT molecular complexity index is 562. The number of halogens is 2. The highest BCUT2D eigenvalue weighted by Gasteiger charge is 2.25. The van der Waals surface area contributed by atoms with E-state index in [4.69, 9.17) is 0 Å². The summed E-state index contributed by atoms with van der Waals surface area (Å²) < 4.78 is 2.33. The summed E-state index contributed by atoms with van der Waals surface area (Å²) in [5, 5.41) is 3.43. The van der Waals surface area contributed by atoms with Crippen LogP contribution in [0.3, 0.4) is 0 Å². The van der Waals surface area contributed by atoms with E-state index in [1.807, 2.05) is 11.3 Å². The molecule has 0 amide bonds. The van der Waals surface area contributed by atoms with Gasteiger partial charge in [-0.1, -0.05) is 28.1 Å². The molecule has 1 aromatic carbocycles. The first kappa shape index (κ1) is 14.7. The maximum absolute atomic E-state index is 3.59. The smallest absolute Gasteiger partial charge is 0.0702 e. The van der Waals surface area contributed by atoms with Crippen molar-refractivity contribution >= 4 is 43.2 Å². The van der Waals surface area contributed by atoms with Gasteiger partial charge in [0.25, 0.3) is 0 Å². The normalized spacial score (nSPS) is 18.1. The van der Waals surface area contributed by atoms with Crippen molar-refractivity contribution in [3.05, 3.63) is 55.1 Å². The summed E-state index contributed by atoms with van der Waals surface area (Å²) in [5.74, 6) is 0. The Morgan fingerprint density at radius 1 is 1.00 bits per heavy atom. The minimum absolute atomic E-state index is 0.363. The van der Waals surface area contributed by atoms with Gasteiger partial charge in [-0.25, -0.2) is 0 Å². The molecule has 0 aliphatic carbocycles. The number of hydrogen-bond donors (Lipinski definition) is 1. The van der Waals surface area contributed by atoms with Gasteiger partial charge in [-0.15, -0.1) is 11.3 Å². The number of rotatable bonds is 3. The second-order valence-corrected chi connectivity index (χ2v) is 8.29. The average molecular weight is 416 g/mol. The Morgan fingerprint density at radius 2 is 1.70 bits per heavy atom. The fourth-order valence-electron chi connectivity index (χ4n) is 2.62. The number of benzene rings is 1. The Balaban J connectivity index is 1.95. The third kappa shape index (κ3) is 3.34. The van der Waals surface area contributed by atoms with Crippen LogP contribution in [-0.4, -0.2) is 31.1 Å². The Hall–Kier alpha value is -0.200. The van der Waals surface area contributed by atoms with E-state index in [9.17, 15) is 0 Å². The van der Waals surface area contributed by atoms with Gasteiger partial charge >= 0.3 is 0 Å². The zero-order valence-electron chi connectivity index (χ0n) is 11.0. The van der Waals surface area contributed by atoms with Gasteiger partial charge in [-0.2, -0.15) is 0 Å². The van der Waals surface area contributed by atoms with Gasteiger partial charge in [-0.3, -0.25) is 4.90 Å². The summed E-state index contributed by atoms with van der Waals surface area (Å²) in [4.78, 5) is 3.97. The van der Waals surface area contributed by atoms with Crippen molar-refractivity contribution < 1.29 is 0 Å². The van der Waals surface area contributed by atoms with Crippen molar-refractivity contribution in [3.63, 3.8) is 0 Å². The van der Waals surface area contributed by atoms with E-state index in [2.05, 4.69) is 78.5 Å². The quantitative estimate of drug-likeness (QED) is 0.805. The first-order valence-electron chi connectivity index (χ1n) is 6.69. The van der Waals surface area contributed by atoms with Crippen molar-refractivity contribution in [2.24, 2.45) is 0 Å². The molecular formula is C15H16Br2N2S. The molecule has 3 rings (SSSR count). The summed E-state index contributed by atoms with van der Waals surface area (Å²) in [5.41, 5.74) is 1.37. The number of nitrogens with one attached hydrogen (secondary N) is 1. The van der Waals surface area contributed by atoms with E-state index < -0.39 is 0 Å². The summed E-state index contributed by atoms with van der Waals surface area (Å²) in [6.45, 7) is 4.33. The first-order chi connectivity index (χ1) is 9.74. The summed E-state index contributed by atoms with van der Waals surface area (Å²) in [6, 6.07) is 13.5. The van der Waals surface area contributed by atoms with Gasteiger partial charge in [0.2, 0.25) is 0 Å². The van der Waals surface area contributed by atoms with Gasteiger partial charge < -0.3 is 5.32 Å². The maximum atomic E-state index is 3.59. The van der Waals surface area contributed by atoms with Crippen LogP contribution in [0.15, 0.2) is 44.7 Å². The fourth-order valence-corrected chi connectivity index (χ4v) is 4.47. The fraction of sp³-hybridized carbons (Fsp3) is 0.333. The second kappa shape index (κ2) is 6.71. The molecule has 2 aromatic rings. The molecule has 106 valence electrons. The van der Waals surface area contributed by atoms with E-state index in [0.717, 1.165) is 30.7 Å². The molecule has 2 nitrogen and oxygen atoms in total. The van der Waals surface area contributed by atoms with E-state index in [-0.39, 0.29) is 0 Å². The number of thiophene rings is 1. The van der Waals surface area contributed by atoms with Crippen LogP contribution in [-0.2, 0) is 0 Å². The minimum Gasteiger partial charge on any atom is -0.314 e. The molecule has 1 aliphatic heterocycles. The predicted octanol–water partition coefficient (Wildman–Crippen LogP) is 4.27. The lowest BCUT2D eigenvalue weighted by atomic mass is 10.0. The molecule has 5 heteroatoms. The molecule has 0 saturated carbocycles. The third-order valence-corrected chi connectivity index (χ3v) is 5.77. The van der Waals surface area contributed by atoms with E-state index in [1.165, 1.54) is 14.2 Å². The van der Waals surface area contributed by atoms with Crippen LogP contribution in [0.4, 0.5) is 0 Å². The molecule has 20 heavy (non-hydrogen) atoms. The summed E-state index contributed by atoms with van der Waals surface area (Å²) in [7, 11) is 0. The van der Waals surface area contributed by atoms with Crippen LogP contribution < -0.4 is 5.32 Å². The SMILES string of the molecule is Brc1ccc(C(c2ccc(Br)s2)N2CCNCC2)cc1. The molecule has 0 bridgehead atoms. The average Bonchev–Trinajstić information content (AvgIpc) is 2.89. The first-order valence-corrected chi connectivity index (χ1v) is 9.10. The van der Waals surface area contributed by atoms with Crippen molar-refractivity contribution in [2.75, 3.05) is 26.2 Å². The monoisotopic (exact) mass is 414 g/mol. The van der Waals surface area contributed by atoms with Gasteiger partial charge in [0.05, 0.1) is 9.83 Å². The summed E-state index contributed by atoms with van der Waals surface area (Å²) >= 11 is 8.94. The highest BCUT2D eigenvalue weighted by Crippen LogP contribution is 2.35. The lowest BCUT2D eigenvalue weighted by molar-refractivity contribution is 0.200. The Morgan fingerprint density at radius 3 is 2.30 bits per heavy atom. The minimum atomic E-state index is 0.363. The van der Waals surface area contributed by atoms with Crippen LogP contribution in [0.1, 0.15) is 16.5 Å². The van der Waals surface area contributed by atoms with Crippen molar-refractivity contribution in [1.29, 1.82) is 0 Å². The molecular weight excluding hydrogens is 400 g/mol. The van der Waals surface area contributed by atoms with Crippen molar-refractivity contribution in [3.8, 4) is 0 Å². The zero-order valence-corrected chi connectivity index (χ0v) is 15.0. The molecule has 0 radical (unpaired) electrons. The number of hydrogen-bond acceptors (Lipinski definition) is 3. The van der Waals surface area contributed by atoms with Crippen LogP contribution in [0.25, 0.3) is 0 Å². The Labute approximate surface area is 140 Å². The van der Waals surface area contributed by atoms with Crippen molar-refractivity contribution in [1.82, 2.24) is 10.2 Å². The molecule has 1 aromatic heterocycles. The van der Waals surface area contributed by atoms with Crippen LogP contribution in [0, 0.1) is 0 Å². The van der Waals surface area contributed by atoms with Crippen molar-refractivity contribution in [2.45, 2.75) is 6.04 Å². The maximum Gasteiger partial charge on any atom is 0.0702 e. The number of nitrogens with zero attached hydrogens (tertiary/aromatic N) is 1. The standard InChI is InChI=1S/C15H16Br2N2S/c16-12-3-1-11(2-4-12)15(13-5-6-14(17)20-13)19-9-7-18-8-10-19/h1-6,15,18H,7-10H2. The molecule has 1 saturated heterocycles. The lowest BCUT2D eigenvalue weighted by Gasteiger charge is -2.34. The third-order valence-electron chi connectivity index (χ3n) is 3.57. The molecule has 2 heterocycles. The molecule has 1 aliphatic rings. The predicted molar refractivity (Wildman–Crippen MR) is 92.4 cm³/mol. The molecule has 1 atom stereocenters. The lowest BCUT2D eigenvalue weighted by Crippen LogP contribution is -2.45. The van der Waals surface area contributed by atoms with E-state index in [0.29, 0.717) is 6.04 Å². The molecule has 1 unspecified atom stereocenters. The van der Waals surface area contributed by atoms with Crippen LogP contribution in [0.2, 0.25) is 0 Å². The zero-order chi connectivity index (χ0) is 13.9. The van der Waals surface area contributed by atoms with Gasteiger partial charge in [-0.05, 0) is 45.8 Å². The molecule has 1 N–H and O–H groups in total. The highest BCUT2D eigenvalue weighted by atomic mass is 79.9. The molecule has 0 spiro atoms. The van der Waals surface area contributed by atoms with Gasteiger partial charge in [0.15, 0.2) is 0 Å². The molecule has 1 fully saturated rings. The van der Waals surface area contributed by atoms with E-state index in [1.54, 1.807) is 0 Å². The largest absolute Gasteiger partial charge is 0.314 e. The Kier molecular flexibility index (Phi) is 4.94. The van der Waals surface area contributed by atoms with Gasteiger partial charge in [0, 0.05) is 35.5 Å². The van der Waals surface area contributed by atoms with Gasteiger partial charge in [0.1, 0.15) is 0 Å². The summed E-state index contributed by atoms with van der Waals surface area (Å²) in [6.07, 6.45) is 0. The number of piperazine rings is 1. The van der Waals surface area contributed by atoms with E-state index >= 15 is 0 Å². The topological polar surface area (TPSA) is 15.3 Å². The highest BCUT2D eigenvalue weighted by molar-refractivity contribution is 9.11. The van der Waals surface area contributed by atoms with Crippen LogP contribution >= 0.6 is 43.2 Å².